The van der Waals surface area contributed by atoms with Crippen LogP contribution in [0.5, 0.6) is 0 Å². The lowest BCUT2D eigenvalue weighted by Gasteiger charge is -2.28. The second-order valence-electron chi connectivity index (χ2n) is 5.59. The zero-order chi connectivity index (χ0) is 20.1. The van der Waals surface area contributed by atoms with Crippen molar-refractivity contribution in [3.05, 3.63) is 49.6 Å². The Morgan fingerprint density at radius 2 is 2.15 bits per heavy atom. The van der Waals surface area contributed by atoms with Gasteiger partial charge in [-0.3, -0.25) is 14.9 Å². The maximum absolute atomic E-state index is 12.3. The minimum atomic E-state index is -0.778. The van der Waals surface area contributed by atoms with Crippen molar-refractivity contribution in [1.29, 1.82) is 5.26 Å². The molecule has 1 atom stereocenters. The van der Waals surface area contributed by atoms with Crippen LogP contribution in [0.1, 0.15) is 25.8 Å². The number of carbonyl (C=O) groups is 2. The Bertz CT molecular complexity index is 926. The number of urea groups is 1. The van der Waals surface area contributed by atoms with E-state index in [9.17, 15) is 24.5 Å². The van der Waals surface area contributed by atoms with Crippen LogP contribution in [0.3, 0.4) is 0 Å². The molecule has 2 rings (SSSR count). The van der Waals surface area contributed by atoms with Gasteiger partial charge < -0.3 is 19.9 Å². The third kappa shape index (κ3) is 4.12. The number of pyridine rings is 1. The van der Waals surface area contributed by atoms with E-state index >= 15 is 0 Å². The molecule has 1 aliphatic rings. The number of amides is 2. The molecule has 0 aromatic carbocycles. The first-order valence-electron chi connectivity index (χ1n) is 8.08. The van der Waals surface area contributed by atoms with Crippen LogP contribution in [0.15, 0.2) is 28.3 Å². The van der Waals surface area contributed by atoms with Crippen molar-refractivity contribution in [3.63, 3.8) is 0 Å². The molecule has 0 fully saturated rings. The van der Waals surface area contributed by atoms with Crippen LogP contribution in [-0.4, -0.2) is 34.1 Å². The number of nitrogens with one attached hydrogen (secondary N) is 2. The first-order chi connectivity index (χ1) is 12.8. The van der Waals surface area contributed by atoms with E-state index in [2.05, 4.69) is 10.6 Å². The highest BCUT2D eigenvalue weighted by Crippen LogP contribution is 2.19. The Labute approximate surface area is 153 Å². The summed E-state index contributed by atoms with van der Waals surface area (Å²) in [6, 6.07) is 1.26. The Balaban J connectivity index is 2.60. The van der Waals surface area contributed by atoms with Crippen LogP contribution in [0.4, 0.5) is 10.5 Å². The maximum Gasteiger partial charge on any atom is 0.337 e. The predicted molar refractivity (Wildman–Crippen MR) is 91.5 cm³/mol. The predicted octanol–water partition coefficient (Wildman–Crippen LogP) is 0.537. The molecule has 0 radical (unpaired) electrons. The fourth-order valence-corrected chi connectivity index (χ4v) is 2.67. The van der Waals surface area contributed by atoms with E-state index in [4.69, 9.17) is 10.00 Å². The average molecular weight is 375 g/mol. The smallest absolute Gasteiger partial charge is 0.337 e. The van der Waals surface area contributed by atoms with Gasteiger partial charge in [0.25, 0.3) is 11.2 Å². The summed E-state index contributed by atoms with van der Waals surface area (Å²) in [5, 5.41) is 25.1. The summed E-state index contributed by atoms with van der Waals surface area (Å²) in [5.74, 6) is -0.675. The SMILES string of the molecule is CCOC(=O)C1=C(Cn2cc([N+](=O)[O-])cc(C#N)c2=O)NC(=O)N[C@@H]1CC. The van der Waals surface area contributed by atoms with Crippen molar-refractivity contribution in [2.45, 2.75) is 32.9 Å². The normalized spacial score (nSPS) is 16.2. The highest BCUT2D eigenvalue weighted by atomic mass is 16.6. The van der Waals surface area contributed by atoms with E-state index < -0.39 is 39.8 Å². The summed E-state index contributed by atoms with van der Waals surface area (Å²) >= 11 is 0. The van der Waals surface area contributed by atoms with Gasteiger partial charge in [0.15, 0.2) is 0 Å². The molecule has 27 heavy (non-hydrogen) atoms. The van der Waals surface area contributed by atoms with Gasteiger partial charge in [0.1, 0.15) is 11.6 Å². The molecule has 1 aliphatic heterocycles. The van der Waals surface area contributed by atoms with E-state index in [1.165, 1.54) is 0 Å². The molecule has 1 aromatic heterocycles. The van der Waals surface area contributed by atoms with Gasteiger partial charge in [-0.2, -0.15) is 5.26 Å². The Morgan fingerprint density at radius 3 is 2.70 bits per heavy atom. The molecule has 2 N–H and O–H groups in total. The molecule has 0 saturated heterocycles. The summed E-state index contributed by atoms with van der Waals surface area (Å²) in [5.41, 5.74) is -1.46. The van der Waals surface area contributed by atoms with Crippen molar-refractivity contribution in [2.24, 2.45) is 0 Å². The molecule has 142 valence electrons. The molecule has 11 heteroatoms. The fraction of sp³-hybridized carbons (Fsp3) is 0.375. The van der Waals surface area contributed by atoms with Gasteiger partial charge >= 0.3 is 12.0 Å². The summed E-state index contributed by atoms with van der Waals surface area (Å²) in [4.78, 5) is 46.9. The van der Waals surface area contributed by atoms with Crippen LogP contribution in [0.2, 0.25) is 0 Å². The van der Waals surface area contributed by atoms with Gasteiger partial charge in [0, 0.05) is 6.07 Å². The van der Waals surface area contributed by atoms with Crippen LogP contribution in [0.25, 0.3) is 0 Å². The molecule has 0 unspecified atom stereocenters. The highest BCUT2D eigenvalue weighted by molar-refractivity contribution is 5.94. The number of rotatable bonds is 6. The maximum atomic E-state index is 12.3. The number of carbonyl (C=O) groups excluding carboxylic acids is 2. The average Bonchev–Trinajstić information content (AvgIpc) is 2.62. The zero-order valence-corrected chi connectivity index (χ0v) is 14.6. The Hall–Kier alpha value is -3.68. The minimum Gasteiger partial charge on any atom is -0.463 e. The van der Waals surface area contributed by atoms with Gasteiger partial charge in [-0.1, -0.05) is 6.92 Å². The molecule has 1 aromatic rings. The van der Waals surface area contributed by atoms with E-state index in [-0.39, 0.29) is 24.4 Å². The zero-order valence-electron chi connectivity index (χ0n) is 14.6. The number of allylic oxidation sites excluding steroid dienone is 1. The van der Waals surface area contributed by atoms with Crippen LogP contribution in [0, 0.1) is 21.4 Å². The topological polar surface area (TPSA) is 156 Å². The Morgan fingerprint density at radius 1 is 1.44 bits per heavy atom. The lowest BCUT2D eigenvalue weighted by atomic mass is 10.00. The van der Waals surface area contributed by atoms with E-state index in [1.54, 1.807) is 19.9 Å². The van der Waals surface area contributed by atoms with Crippen LogP contribution < -0.4 is 16.2 Å². The highest BCUT2D eigenvalue weighted by Gasteiger charge is 2.32. The van der Waals surface area contributed by atoms with E-state index in [0.29, 0.717) is 6.42 Å². The summed E-state index contributed by atoms with van der Waals surface area (Å²) in [7, 11) is 0. The quantitative estimate of drug-likeness (QED) is 0.417. The number of hydrogen-bond donors (Lipinski definition) is 2. The third-order valence-electron chi connectivity index (χ3n) is 3.88. The standard InChI is InChI=1S/C16H17N5O6/c1-3-11-13(15(23)27-4-2)12(19-16(24)18-11)8-20-7-10(21(25)26)5-9(6-17)14(20)22/h5,7,11H,3-4,8H2,1-2H3,(H2,18,19,24)/t11-/m1/s1. The van der Waals surface area contributed by atoms with Gasteiger partial charge in [-0.05, 0) is 13.3 Å². The van der Waals surface area contributed by atoms with Crippen LogP contribution >= 0.6 is 0 Å². The molecule has 0 spiro atoms. The van der Waals surface area contributed by atoms with Crippen molar-refractivity contribution in [1.82, 2.24) is 15.2 Å². The van der Waals surface area contributed by atoms with Crippen molar-refractivity contribution in [3.8, 4) is 6.07 Å². The minimum absolute atomic E-state index is 0.0792. The summed E-state index contributed by atoms with van der Waals surface area (Å²) < 4.78 is 5.92. The fourth-order valence-electron chi connectivity index (χ4n) is 2.67. The number of nitro groups is 1. The number of aromatic nitrogens is 1. The lowest BCUT2D eigenvalue weighted by molar-refractivity contribution is -0.385. The van der Waals surface area contributed by atoms with Gasteiger partial charge in [-0.25, -0.2) is 9.59 Å². The molecular weight excluding hydrogens is 358 g/mol. The molecule has 0 saturated carbocycles. The molecular formula is C16H17N5O6. The Kier molecular flexibility index (Phi) is 5.92. The number of nitrogens with zero attached hydrogens (tertiary/aromatic N) is 3. The van der Waals surface area contributed by atoms with Crippen molar-refractivity contribution < 1.29 is 19.2 Å². The van der Waals surface area contributed by atoms with Crippen LogP contribution in [-0.2, 0) is 16.1 Å². The number of nitriles is 1. The molecule has 11 nitrogen and oxygen atoms in total. The second kappa shape index (κ2) is 8.13. The summed E-state index contributed by atoms with van der Waals surface area (Å²) in [6.07, 6.45) is 1.34. The van der Waals surface area contributed by atoms with Gasteiger partial charge in [0.2, 0.25) is 0 Å². The number of ether oxygens (including phenoxy) is 1. The van der Waals surface area contributed by atoms with Crippen molar-refractivity contribution in [2.75, 3.05) is 6.61 Å². The third-order valence-corrected chi connectivity index (χ3v) is 3.88. The molecule has 2 amide bonds. The first kappa shape index (κ1) is 19.6. The number of esters is 1. The van der Waals surface area contributed by atoms with Gasteiger partial charge in [-0.15, -0.1) is 0 Å². The lowest BCUT2D eigenvalue weighted by Crippen LogP contribution is -2.51. The molecule has 2 heterocycles. The van der Waals surface area contributed by atoms with Gasteiger partial charge in [0.05, 0.1) is 41.6 Å². The largest absolute Gasteiger partial charge is 0.463 e. The van der Waals surface area contributed by atoms with Crippen molar-refractivity contribution >= 4 is 17.7 Å². The van der Waals surface area contributed by atoms with E-state index in [0.717, 1.165) is 16.8 Å². The molecule has 0 bridgehead atoms. The second-order valence-corrected chi connectivity index (χ2v) is 5.59. The number of hydrogen-bond acceptors (Lipinski definition) is 7. The monoisotopic (exact) mass is 375 g/mol. The van der Waals surface area contributed by atoms with E-state index in [1.807, 2.05) is 0 Å². The molecule has 0 aliphatic carbocycles. The first-order valence-corrected chi connectivity index (χ1v) is 8.08. The summed E-state index contributed by atoms with van der Waals surface area (Å²) in [6.45, 7) is 3.14.